The second-order valence-corrected chi connectivity index (χ2v) is 8.89. The first-order valence-corrected chi connectivity index (χ1v) is 10.1. The molecule has 1 atom stereocenters. The maximum atomic E-state index is 14.8. The lowest BCUT2D eigenvalue weighted by Gasteiger charge is -2.32. The summed E-state index contributed by atoms with van der Waals surface area (Å²) >= 11 is 0. The summed E-state index contributed by atoms with van der Waals surface area (Å²) in [5.74, 6) is 0.119. The smallest absolute Gasteiger partial charge is 0.492 e. The minimum absolute atomic E-state index is 0.184. The molecule has 6 heteroatoms. The third kappa shape index (κ3) is 5.00. The van der Waals surface area contributed by atoms with Gasteiger partial charge >= 0.3 is 7.12 Å². The Morgan fingerprint density at radius 2 is 1.62 bits per heavy atom. The van der Waals surface area contributed by atoms with Gasteiger partial charge in [0.15, 0.2) is 0 Å². The number of hydrogen-bond donors (Lipinski definition) is 0. The lowest BCUT2D eigenvalue weighted by Crippen LogP contribution is -2.41. The highest BCUT2D eigenvalue weighted by molar-refractivity contribution is 6.62. The number of rotatable bonds is 7. The second kappa shape index (κ2) is 8.46. The quantitative estimate of drug-likeness (QED) is 0.665. The molecule has 0 spiro atoms. The van der Waals surface area contributed by atoms with Crippen LogP contribution in [0.15, 0.2) is 48.5 Å². The van der Waals surface area contributed by atoms with E-state index in [2.05, 4.69) is 17.0 Å². The van der Waals surface area contributed by atoms with Crippen molar-refractivity contribution in [2.75, 3.05) is 20.7 Å². The summed E-state index contributed by atoms with van der Waals surface area (Å²) in [6, 6.07) is 15.4. The van der Waals surface area contributed by atoms with E-state index in [1.165, 1.54) is 11.6 Å². The molecule has 1 fully saturated rings. The average Bonchev–Trinajstić information content (AvgIpc) is 2.86. The van der Waals surface area contributed by atoms with Crippen LogP contribution in [-0.2, 0) is 15.7 Å². The van der Waals surface area contributed by atoms with Crippen LogP contribution in [0.25, 0.3) is 0 Å². The summed E-state index contributed by atoms with van der Waals surface area (Å²) in [5.41, 5.74) is 0.632. The van der Waals surface area contributed by atoms with E-state index in [1.54, 1.807) is 12.1 Å². The monoisotopic (exact) mass is 399 g/mol. The Hall–Kier alpha value is -1.89. The standard InChI is InChI=1S/C23H31BFNO3/c1-22(2)23(3,4)29-24(28-22)20-13-12-19(15-21(20)25)27-16-18(26(5)6)14-17-10-8-7-9-11-17/h7-13,15,18H,14,16H2,1-6H3/t18-/m1/s1. The van der Waals surface area contributed by atoms with Crippen LogP contribution in [0.4, 0.5) is 4.39 Å². The Morgan fingerprint density at radius 1 is 1.00 bits per heavy atom. The normalized spacial score (nSPS) is 18.8. The van der Waals surface area contributed by atoms with Gasteiger partial charge in [0.2, 0.25) is 0 Å². The minimum atomic E-state index is -0.721. The predicted octanol–water partition coefficient (Wildman–Crippen LogP) is 3.68. The molecule has 1 aliphatic rings. The van der Waals surface area contributed by atoms with Crippen LogP contribution in [0.2, 0.25) is 0 Å². The summed E-state index contributed by atoms with van der Waals surface area (Å²) in [6.07, 6.45) is 0.863. The summed E-state index contributed by atoms with van der Waals surface area (Å²) in [6.45, 7) is 8.29. The van der Waals surface area contributed by atoms with Gasteiger partial charge in [0.25, 0.3) is 0 Å². The molecule has 0 aromatic heterocycles. The lowest BCUT2D eigenvalue weighted by atomic mass is 9.78. The first-order valence-electron chi connectivity index (χ1n) is 10.1. The zero-order chi connectivity index (χ0) is 21.2. The maximum absolute atomic E-state index is 14.8. The van der Waals surface area contributed by atoms with Crippen molar-refractivity contribution >= 4 is 12.6 Å². The second-order valence-electron chi connectivity index (χ2n) is 8.89. The van der Waals surface area contributed by atoms with Gasteiger partial charge < -0.3 is 18.9 Å². The maximum Gasteiger partial charge on any atom is 0.497 e. The van der Waals surface area contributed by atoms with Crippen LogP contribution in [0.3, 0.4) is 0 Å². The van der Waals surface area contributed by atoms with E-state index >= 15 is 0 Å². The summed E-state index contributed by atoms with van der Waals surface area (Å²) in [5, 5.41) is 0. The fourth-order valence-electron chi connectivity index (χ4n) is 3.23. The third-order valence-corrected chi connectivity index (χ3v) is 5.97. The molecule has 0 radical (unpaired) electrons. The molecule has 2 aromatic rings. The molecule has 0 bridgehead atoms. The number of ether oxygens (including phenoxy) is 1. The Morgan fingerprint density at radius 3 is 2.17 bits per heavy atom. The highest BCUT2D eigenvalue weighted by Crippen LogP contribution is 2.36. The van der Waals surface area contributed by atoms with Crippen LogP contribution >= 0.6 is 0 Å². The van der Waals surface area contributed by atoms with E-state index in [9.17, 15) is 4.39 Å². The van der Waals surface area contributed by atoms with E-state index in [1.807, 2.05) is 60.0 Å². The van der Waals surface area contributed by atoms with Gasteiger partial charge in [-0.15, -0.1) is 0 Å². The fourth-order valence-corrected chi connectivity index (χ4v) is 3.23. The van der Waals surface area contributed by atoms with Gasteiger partial charge in [0, 0.05) is 17.6 Å². The lowest BCUT2D eigenvalue weighted by molar-refractivity contribution is 0.00578. The molecule has 0 saturated carbocycles. The Labute approximate surface area is 174 Å². The summed E-state index contributed by atoms with van der Waals surface area (Å²) in [7, 11) is 3.33. The van der Waals surface area contributed by atoms with Crippen molar-refractivity contribution in [3.05, 3.63) is 59.9 Å². The van der Waals surface area contributed by atoms with Crippen LogP contribution in [0.1, 0.15) is 33.3 Å². The van der Waals surface area contributed by atoms with E-state index in [0.29, 0.717) is 17.8 Å². The SMILES string of the molecule is CN(C)[C@@H](COc1ccc(B2OC(C)(C)C(C)(C)O2)c(F)c1)Cc1ccccc1. The van der Waals surface area contributed by atoms with E-state index in [4.69, 9.17) is 14.0 Å². The van der Waals surface area contributed by atoms with Crippen molar-refractivity contribution in [3.8, 4) is 5.75 Å². The largest absolute Gasteiger partial charge is 0.497 e. The molecule has 4 nitrogen and oxygen atoms in total. The topological polar surface area (TPSA) is 30.9 Å². The van der Waals surface area contributed by atoms with Crippen LogP contribution in [-0.4, -0.2) is 50.0 Å². The van der Waals surface area contributed by atoms with Gasteiger partial charge in [-0.25, -0.2) is 4.39 Å². The first kappa shape index (κ1) is 21.8. The summed E-state index contributed by atoms with van der Waals surface area (Å²) < 4.78 is 32.6. The zero-order valence-electron chi connectivity index (χ0n) is 18.2. The minimum Gasteiger partial charge on any atom is -0.492 e. The number of nitrogens with zero attached hydrogens (tertiary/aromatic N) is 1. The molecule has 2 aromatic carbocycles. The molecule has 1 aliphatic heterocycles. The van der Waals surface area contributed by atoms with Gasteiger partial charge in [0.05, 0.1) is 11.2 Å². The van der Waals surface area contributed by atoms with Gasteiger partial charge in [-0.3, -0.25) is 0 Å². The van der Waals surface area contributed by atoms with Gasteiger partial charge in [-0.2, -0.15) is 0 Å². The molecule has 156 valence electrons. The van der Waals surface area contributed by atoms with Crippen LogP contribution in [0.5, 0.6) is 5.75 Å². The van der Waals surface area contributed by atoms with Crippen LogP contribution in [0, 0.1) is 5.82 Å². The third-order valence-electron chi connectivity index (χ3n) is 5.97. The Balaban J connectivity index is 1.66. The molecule has 1 heterocycles. The van der Waals surface area contributed by atoms with Crippen molar-refractivity contribution in [1.29, 1.82) is 0 Å². The molecule has 3 rings (SSSR count). The number of halogens is 1. The van der Waals surface area contributed by atoms with Crippen molar-refractivity contribution in [2.24, 2.45) is 0 Å². The van der Waals surface area contributed by atoms with Gasteiger partial charge in [0.1, 0.15) is 18.2 Å². The Bertz CT molecular complexity index is 810. The molecule has 0 N–H and O–H groups in total. The van der Waals surface area contributed by atoms with E-state index in [0.717, 1.165) is 6.42 Å². The average molecular weight is 399 g/mol. The fraction of sp³-hybridized carbons (Fsp3) is 0.478. The first-order chi connectivity index (χ1) is 13.6. The molecular formula is C23H31BFNO3. The highest BCUT2D eigenvalue weighted by Gasteiger charge is 2.52. The molecule has 0 unspecified atom stereocenters. The van der Waals surface area contributed by atoms with Crippen LogP contribution < -0.4 is 10.2 Å². The highest BCUT2D eigenvalue weighted by atomic mass is 19.1. The number of benzene rings is 2. The van der Waals surface area contributed by atoms with Crippen molar-refractivity contribution < 1.29 is 18.4 Å². The van der Waals surface area contributed by atoms with E-state index < -0.39 is 18.3 Å². The predicted molar refractivity (Wildman–Crippen MR) is 115 cm³/mol. The zero-order valence-corrected chi connectivity index (χ0v) is 18.2. The molecule has 1 saturated heterocycles. The molecule has 29 heavy (non-hydrogen) atoms. The summed E-state index contributed by atoms with van der Waals surface area (Å²) in [4.78, 5) is 2.13. The van der Waals surface area contributed by atoms with Crippen molar-refractivity contribution in [2.45, 2.75) is 51.4 Å². The van der Waals surface area contributed by atoms with E-state index in [-0.39, 0.29) is 11.9 Å². The molecule has 0 amide bonds. The Kier molecular flexibility index (Phi) is 6.37. The van der Waals surface area contributed by atoms with Gasteiger partial charge in [-0.1, -0.05) is 36.4 Å². The van der Waals surface area contributed by atoms with Gasteiger partial charge in [-0.05, 0) is 59.8 Å². The molecule has 0 aliphatic carbocycles. The number of likely N-dealkylation sites (N-methyl/N-ethyl adjacent to an activating group) is 1. The van der Waals surface area contributed by atoms with Crippen molar-refractivity contribution in [1.82, 2.24) is 4.90 Å². The number of hydrogen-bond acceptors (Lipinski definition) is 4. The van der Waals surface area contributed by atoms with Crippen molar-refractivity contribution in [3.63, 3.8) is 0 Å². The molecular weight excluding hydrogens is 368 g/mol.